The lowest BCUT2D eigenvalue weighted by molar-refractivity contribution is -0.152. The molecule has 0 aliphatic carbocycles. The van der Waals surface area contributed by atoms with E-state index in [9.17, 15) is 14.0 Å². The standard InChI is InChI=1S/C20H17FN2O3/c1-13(20(25)23-17-10-3-2-9-16(17)21)26-18(24)12-15-7-4-6-14-8-5-11-22-19(14)15/h2-11,13H,12H2,1H3,(H,23,25). The number of halogens is 1. The van der Waals surface area contributed by atoms with Gasteiger partial charge in [-0.15, -0.1) is 0 Å². The molecule has 6 heteroatoms. The van der Waals surface area contributed by atoms with Crippen LogP contribution >= 0.6 is 0 Å². The third-order valence-corrected chi connectivity index (χ3v) is 3.86. The van der Waals surface area contributed by atoms with Gasteiger partial charge in [0.25, 0.3) is 5.91 Å². The normalized spacial score (nSPS) is 11.8. The van der Waals surface area contributed by atoms with E-state index in [1.165, 1.54) is 25.1 Å². The minimum Gasteiger partial charge on any atom is -0.452 e. The van der Waals surface area contributed by atoms with Crippen molar-refractivity contribution in [3.63, 3.8) is 0 Å². The van der Waals surface area contributed by atoms with Crippen molar-refractivity contribution in [1.82, 2.24) is 4.98 Å². The number of nitrogens with zero attached hydrogens (tertiary/aromatic N) is 1. The maximum Gasteiger partial charge on any atom is 0.311 e. The molecule has 5 nitrogen and oxygen atoms in total. The molecule has 1 N–H and O–H groups in total. The van der Waals surface area contributed by atoms with Gasteiger partial charge in [-0.3, -0.25) is 14.6 Å². The Kier molecular flexibility index (Phi) is 5.22. The van der Waals surface area contributed by atoms with Crippen LogP contribution in [0.15, 0.2) is 60.8 Å². The van der Waals surface area contributed by atoms with Crippen molar-refractivity contribution >= 4 is 28.5 Å². The highest BCUT2D eigenvalue weighted by atomic mass is 19.1. The summed E-state index contributed by atoms with van der Waals surface area (Å²) in [7, 11) is 0. The number of ether oxygens (including phenoxy) is 1. The Morgan fingerprint density at radius 3 is 2.69 bits per heavy atom. The highest BCUT2D eigenvalue weighted by molar-refractivity contribution is 5.95. The van der Waals surface area contributed by atoms with E-state index in [1.807, 2.05) is 24.3 Å². The molecule has 2 aromatic carbocycles. The zero-order valence-electron chi connectivity index (χ0n) is 14.1. The van der Waals surface area contributed by atoms with Gasteiger partial charge in [0.15, 0.2) is 6.10 Å². The Hall–Kier alpha value is -3.28. The monoisotopic (exact) mass is 352 g/mol. The third-order valence-electron chi connectivity index (χ3n) is 3.86. The fraction of sp³-hybridized carbons (Fsp3) is 0.150. The van der Waals surface area contributed by atoms with Gasteiger partial charge in [-0.05, 0) is 30.7 Å². The molecule has 0 aliphatic heterocycles. The number of anilines is 1. The third kappa shape index (κ3) is 4.03. The van der Waals surface area contributed by atoms with E-state index in [0.29, 0.717) is 0 Å². The molecule has 1 heterocycles. The number of carbonyl (C=O) groups excluding carboxylic acids is 2. The zero-order chi connectivity index (χ0) is 18.5. The van der Waals surface area contributed by atoms with Crippen molar-refractivity contribution in [2.75, 3.05) is 5.32 Å². The van der Waals surface area contributed by atoms with Crippen LogP contribution in [0.5, 0.6) is 0 Å². The maximum atomic E-state index is 13.6. The topological polar surface area (TPSA) is 68.3 Å². The minimum absolute atomic E-state index is 0.00826. The van der Waals surface area contributed by atoms with Crippen molar-refractivity contribution in [2.24, 2.45) is 0 Å². The smallest absolute Gasteiger partial charge is 0.311 e. The highest BCUT2D eigenvalue weighted by Gasteiger charge is 2.19. The van der Waals surface area contributed by atoms with Crippen molar-refractivity contribution in [3.8, 4) is 0 Å². The fourth-order valence-corrected chi connectivity index (χ4v) is 2.55. The van der Waals surface area contributed by atoms with E-state index in [0.717, 1.165) is 16.5 Å². The molecular weight excluding hydrogens is 335 g/mol. The molecule has 0 aliphatic rings. The number of pyridine rings is 1. The predicted octanol–water partition coefficient (Wildman–Crippen LogP) is 3.49. The van der Waals surface area contributed by atoms with Crippen LogP contribution in [0.2, 0.25) is 0 Å². The van der Waals surface area contributed by atoms with Crippen molar-refractivity contribution in [3.05, 3.63) is 72.2 Å². The van der Waals surface area contributed by atoms with Crippen LogP contribution in [0.25, 0.3) is 10.9 Å². The molecule has 3 aromatic rings. The van der Waals surface area contributed by atoms with Gasteiger partial charge in [0.05, 0.1) is 17.6 Å². The molecule has 1 aromatic heterocycles. The summed E-state index contributed by atoms with van der Waals surface area (Å²) in [6.07, 6.45) is 0.595. The van der Waals surface area contributed by atoms with Gasteiger partial charge in [-0.1, -0.05) is 36.4 Å². The second kappa shape index (κ2) is 7.74. The van der Waals surface area contributed by atoms with Crippen LogP contribution in [-0.4, -0.2) is 23.0 Å². The number of benzene rings is 2. The Bertz CT molecular complexity index is 953. The summed E-state index contributed by atoms with van der Waals surface area (Å²) >= 11 is 0. The number of carbonyl (C=O) groups is 2. The summed E-state index contributed by atoms with van der Waals surface area (Å²) in [5, 5.41) is 3.32. The molecule has 0 bridgehead atoms. The van der Waals surface area contributed by atoms with Gasteiger partial charge in [-0.25, -0.2) is 4.39 Å². The highest BCUT2D eigenvalue weighted by Crippen LogP contribution is 2.17. The van der Waals surface area contributed by atoms with Crippen LogP contribution in [0.4, 0.5) is 10.1 Å². The van der Waals surface area contributed by atoms with Gasteiger partial charge in [0, 0.05) is 11.6 Å². The molecule has 26 heavy (non-hydrogen) atoms. The van der Waals surface area contributed by atoms with Crippen LogP contribution in [-0.2, 0) is 20.7 Å². The molecule has 0 spiro atoms. The average molecular weight is 352 g/mol. The van der Waals surface area contributed by atoms with Gasteiger partial charge >= 0.3 is 5.97 Å². The predicted molar refractivity (Wildman–Crippen MR) is 96.0 cm³/mol. The summed E-state index contributed by atoms with van der Waals surface area (Å²) in [4.78, 5) is 28.6. The number of aromatic nitrogens is 1. The van der Waals surface area contributed by atoms with Crippen LogP contribution < -0.4 is 5.32 Å². The lowest BCUT2D eigenvalue weighted by Crippen LogP contribution is -2.30. The lowest BCUT2D eigenvalue weighted by Gasteiger charge is -2.14. The van der Waals surface area contributed by atoms with Crippen molar-refractivity contribution < 1.29 is 18.7 Å². The quantitative estimate of drug-likeness (QED) is 0.714. The Balaban J connectivity index is 1.64. The summed E-state index contributed by atoms with van der Waals surface area (Å²) in [6, 6.07) is 15.0. The van der Waals surface area contributed by atoms with E-state index in [1.54, 1.807) is 18.3 Å². The molecule has 1 unspecified atom stereocenters. The molecule has 3 rings (SSSR count). The first-order valence-electron chi connectivity index (χ1n) is 8.12. The maximum absolute atomic E-state index is 13.6. The summed E-state index contributed by atoms with van der Waals surface area (Å²) in [5.41, 5.74) is 1.48. The van der Waals surface area contributed by atoms with E-state index >= 15 is 0 Å². The fourth-order valence-electron chi connectivity index (χ4n) is 2.55. The molecular formula is C20H17FN2O3. The largest absolute Gasteiger partial charge is 0.452 e. The molecule has 0 radical (unpaired) electrons. The molecule has 1 amide bonds. The second-order valence-corrected chi connectivity index (χ2v) is 5.77. The van der Waals surface area contributed by atoms with E-state index in [-0.39, 0.29) is 12.1 Å². The molecule has 132 valence electrons. The van der Waals surface area contributed by atoms with Gasteiger partial charge < -0.3 is 10.1 Å². The Labute approximate surface area is 149 Å². The van der Waals surface area contributed by atoms with Crippen LogP contribution in [0.3, 0.4) is 0 Å². The molecule has 1 atom stereocenters. The summed E-state index contributed by atoms with van der Waals surface area (Å²) in [6.45, 7) is 1.44. The minimum atomic E-state index is -1.05. The Morgan fingerprint density at radius 1 is 1.12 bits per heavy atom. The van der Waals surface area contributed by atoms with E-state index in [2.05, 4.69) is 10.3 Å². The number of amides is 1. The van der Waals surface area contributed by atoms with Crippen molar-refractivity contribution in [2.45, 2.75) is 19.4 Å². The van der Waals surface area contributed by atoms with Crippen molar-refractivity contribution in [1.29, 1.82) is 0 Å². The number of esters is 1. The van der Waals surface area contributed by atoms with Crippen LogP contribution in [0.1, 0.15) is 12.5 Å². The Morgan fingerprint density at radius 2 is 1.88 bits per heavy atom. The first kappa shape index (κ1) is 17.5. The average Bonchev–Trinajstić information content (AvgIpc) is 2.64. The zero-order valence-corrected chi connectivity index (χ0v) is 14.1. The number of rotatable bonds is 5. The SMILES string of the molecule is CC(OC(=O)Cc1cccc2cccnc12)C(=O)Nc1ccccc1F. The lowest BCUT2D eigenvalue weighted by atomic mass is 10.1. The summed E-state index contributed by atoms with van der Waals surface area (Å²) < 4.78 is 18.8. The molecule has 0 saturated heterocycles. The number of fused-ring (bicyclic) bond motifs is 1. The molecule has 0 fully saturated rings. The van der Waals surface area contributed by atoms with E-state index in [4.69, 9.17) is 4.74 Å². The van der Waals surface area contributed by atoms with E-state index < -0.39 is 23.8 Å². The van der Waals surface area contributed by atoms with Crippen LogP contribution in [0, 0.1) is 5.82 Å². The summed E-state index contributed by atoms with van der Waals surface area (Å²) in [5.74, 6) is -1.71. The van der Waals surface area contributed by atoms with Gasteiger partial charge in [0.1, 0.15) is 5.82 Å². The molecule has 0 saturated carbocycles. The number of nitrogens with one attached hydrogen (secondary N) is 1. The van der Waals surface area contributed by atoms with Gasteiger partial charge in [-0.2, -0.15) is 0 Å². The number of hydrogen-bond acceptors (Lipinski definition) is 4. The number of hydrogen-bond donors (Lipinski definition) is 1. The number of para-hydroxylation sites is 2. The van der Waals surface area contributed by atoms with Gasteiger partial charge in [0.2, 0.25) is 0 Å². The second-order valence-electron chi connectivity index (χ2n) is 5.77. The first-order valence-corrected chi connectivity index (χ1v) is 8.12. The first-order chi connectivity index (χ1) is 12.5.